The number of amides is 1. The van der Waals surface area contributed by atoms with Gasteiger partial charge in [-0.2, -0.15) is 0 Å². The summed E-state index contributed by atoms with van der Waals surface area (Å²) in [5.41, 5.74) is 2.17. The van der Waals surface area contributed by atoms with Crippen LogP contribution >= 0.6 is 0 Å². The molecule has 4 nitrogen and oxygen atoms in total. The average Bonchev–Trinajstić information content (AvgIpc) is 2.70. The highest BCUT2D eigenvalue weighted by molar-refractivity contribution is 5.90. The molecule has 1 unspecified atom stereocenters. The van der Waals surface area contributed by atoms with Crippen LogP contribution in [0.4, 0.5) is 11.4 Å². The molecule has 2 N–H and O–H groups in total. The molecule has 1 aliphatic carbocycles. The number of hydrogen-bond acceptors (Lipinski definition) is 3. The summed E-state index contributed by atoms with van der Waals surface area (Å²) in [6, 6.07) is 6.32. The summed E-state index contributed by atoms with van der Waals surface area (Å²) in [5.74, 6) is 0.587. The molecule has 0 aliphatic heterocycles. The van der Waals surface area contributed by atoms with E-state index in [1.807, 2.05) is 18.2 Å². The third kappa shape index (κ3) is 3.65. The molecule has 0 spiro atoms. The maximum Gasteiger partial charge on any atom is 0.221 e. The Morgan fingerprint density at radius 1 is 1.40 bits per heavy atom. The van der Waals surface area contributed by atoms with Crippen LogP contribution in [0.1, 0.15) is 40.0 Å². The molecule has 2 rings (SSSR count). The Hall–Kier alpha value is -1.71. The Kier molecular flexibility index (Phi) is 4.21. The quantitative estimate of drug-likeness (QED) is 0.882. The van der Waals surface area contributed by atoms with Crippen molar-refractivity contribution in [3.63, 3.8) is 0 Å². The molecule has 1 aliphatic rings. The topological polar surface area (TPSA) is 50.4 Å². The van der Waals surface area contributed by atoms with E-state index in [4.69, 9.17) is 4.74 Å². The molecule has 20 heavy (non-hydrogen) atoms. The minimum Gasteiger partial charge on any atom is -0.494 e. The first-order valence-electron chi connectivity index (χ1n) is 7.12. The normalized spacial score (nSPS) is 20.5. The smallest absolute Gasteiger partial charge is 0.221 e. The maximum absolute atomic E-state index is 11.1. The van der Waals surface area contributed by atoms with E-state index in [0.717, 1.165) is 5.69 Å². The van der Waals surface area contributed by atoms with Gasteiger partial charge in [0.1, 0.15) is 5.75 Å². The molecule has 1 aromatic rings. The molecule has 1 aromatic carbocycles. The second-order valence-corrected chi connectivity index (χ2v) is 6.34. The number of ether oxygens (including phenoxy) is 1. The third-order valence-corrected chi connectivity index (χ3v) is 3.85. The Labute approximate surface area is 120 Å². The van der Waals surface area contributed by atoms with Crippen molar-refractivity contribution in [2.24, 2.45) is 5.41 Å². The van der Waals surface area contributed by atoms with Crippen LogP contribution in [0.2, 0.25) is 0 Å². The van der Waals surface area contributed by atoms with Gasteiger partial charge in [-0.1, -0.05) is 13.8 Å². The fourth-order valence-corrected chi connectivity index (χ4v) is 2.87. The van der Waals surface area contributed by atoms with Crippen LogP contribution in [0, 0.1) is 5.41 Å². The van der Waals surface area contributed by atoms with Gasteiger partial charge in [0.05, 0.1) is 12.8 Å². The lowest BCUT2D eigenvalue weighted by Crippen LogP contribution is -2.17. The maximum atomic E-state index is 11.1. The summed E-state index contributed by atoms with van der Waals surface area (Å²) in [6.45, 7) is 6.12. The average molecular weight is 276 g/mol. The van der Waals surface area contributed by atoms with Gasteiger partial charge in [0.15, 0.2) is 0 Å². The van der Waals surface area contributed by atoms with Crippen LogP contribution in [0.3, 0.4) is 0 Å². The molecule has 0 saturated heterocycles. The molecule has 1 atom stereocenters. The van der Waals surface area contributed by atoms with Crippen molar-refractivity contribution < 1.29 is 9.53 Å². The van der Waals surface area contributed by atoms with E-state index in [9.17, 15) is 4.79 Å². The standard InChI is InChI=1S/C16H24N2O2/c1-11(19)17-14-6-5-12(9-15(14)20-4)18-13-7-8-16(2,3)10-13/h5-6,9,13,18H,7-8,10H2,1-4H3,(H,17,19). The Bertz CT molecular complexity index is 497. The summed E-state index contributed by atoms with van der Waals surface area (Å²) in [4.78, 5) is 11.1. The number of anilines is 2. The zero-order chi connectivity index (χ0) is 14.8. The summed E-state index contributed by atoms with van der Waals surface area (Å²) >= 11 is 0. The fraction of sp³-hybridized carbons (Fsp3) is 0.562. The van der Waals surface area contributed by atoms with Gasteiger partial charge in [-0.15, -0.1) is 0 Å². The Morgan fingerprint density at radius 3 is 2.70 bits per heavy atom. The zero-order valence-electron chi connectivity index (χ0n) is 12.7. The highest BCUT2D eigenvalue weighted by Gasteiger charge is 2.30. The molecular formula is C16H24N2O2. The van der Waals surface area contributed by atoms with Gasteiger partial charge < -0.3 is 15.4 Å². The van der Waals surface area contributed by atoms with Crippen LogP contribution in [0.25, 0.3) is 0 Å². The lowest BCUT2D eigenvalue weighted by Gasteiger charge is -2.19. The monoisotopic (exact) mass is 276 g/mol. The van der Waals surface area contributed by atoms with Crippen LogP contribution in [0.5, 0.6) is 5.75 Å². The van der Waals surface area contributed by atoms with E-state index < -0.39 is 0 Å². The highest BCUT2D eigenvalue weighted by atomic mass is 16.5. The lowest BCUT2D eigenvalue weighted by molar-refractivity contribution is -0.114. The van der Waals surface area contributed by atoms with Crippen molar-refractivity contribution in [3.8, 4) is 5.75 Å². The first-order valence-corrected chi connectivity index (χ1v) is 7.12. The SMILES string of the molecule is COc1cc(NC2CCC(C)(C)C2)ccc1NC(C)=O. The number of carbonyl (C=O) groups excluding carboxylic acids is 1. The lowest BCUT2D eigenvalue weighted by atomic mass is 9.92. The molecule has 110 valence electrons. The molecule has 0 heterocycles. The van der Waals surface area contributed by atoms with E-state index in [-0.39, 0.29) is 5.91 Å². The first kappa shape index (κ1) is 14.7. The van der Waals surface area contributed by atoms with E-state index in [1.165, 1.54) is 26.2 Å². The molecule has 4 heteroatoms. The summed E-state index contributed by atoms with van der Waals surface area (Å²) < 4.78 is 5.34. The van der Waals surface area contributed by atoms with Gasteiger partial charge >= 0.3 is 0 Å². The Balaban J connectivity index is 2.08. The highest BCUT2D eigenvalue weighted by Crippen LogP contribution is 2.39. The summed E-state index contributed by atoms with van der Waals surface area (Å²) in [7, 11) is 1.61. The molecule has 0 radical (unpaired) electrons. The second kappa shape index (κ2) is 5.73. The summed E-state index contributed by atoms with van der Waals surface area (Å²) in [6.07, 6.45) is 3.64. The van der Waals surface area contributed by atoms with Gasteiger partial charge in [-0.3, -0.25) is 4.79 Å². The minimum absolute atomic E-state index is 0.0958. The number of carbonyl (C=O) groups is 1. The molecule has 0 bridgehead atoms. The predicted molar refractivity (Wildman–Crippen MR) is 82.3 cm³/mol. The molecule has 1 amide bonds. The number of hydrogen-bond donors (Lipinski definition) is 2. The number of methoxy groups -OCH3 is 1. The minimum atomic E-state index is -0.0958. The van der Waals surface area contributed by atoms with Crippen molar-refractivity contribution in [2.75, 3.05) is 17.7 Å². The van der Waals surface area contributed by atoms with Gasteiger partial charge in [0.25, 0.3) is 0 Å². The van der Waals surface area contributed by atoms with E-state index in [0.29, 0.717) is 22.9 Å². The van der Waals surface area contributed by atoms with Gasteiger partial charge in [0, 0.05) is 24.7 Å². The zero-order valence-corrected chi connectivity index (χ0v) is 12.7. The Morgan fingerprint density at radius 2 is 2.15 bits per heavy atom. The van der Waals surface area contributed by atoms with Crippen molar-refractivity contribution in [1.82, 2.24) is 0 Å². The predicted octanol–water partition coefficient (Wildman–Crippen LogP) is 3.64. The van der Waals surface area contributed by atoms with Crippen molar-refractivity contribution >= 4 is 17.3 Å². The van der Waals surface area contributed by atoms with Crippen molar-refractivity contribution in [1.29, 1.82) is 0 Å². The van der Waals surface area contributed by atoms with E-state index in [2.05, 4.69) is 24.5 Å². The molecule has 1 saturated carbocycles. The van der Waals surface area contributed by atoms with Gasteiger partial charge in [-0.25, -0.2) is 0 Å². The van der Waals surface area contributed by atoms with Crippen molar-refractivity contribution in [2.45, 2.75) is 46.1 Å². The van der Waals surface area contributed by atoms with Crippen molar-refractivity contribution in [3.05, 3.63) is 18.2 Å². The first-order chi connectivity index (χ1) is 9.39. The van der Waals surface area contributed by atoms with E-state index >= 15 is 0 Å². The van der Waals surface area contributed by atoms with Crippen LogP contribution in [-0.2, 0) is 4.79 Å². The number of rotatable bonds is 4. The van der Waals surface area contributed by atoms with Crippen LogP contribution < -0.4 is 15.4 Å². The number of benzene rings is 1. The second-order valence-electron chi connectivity index (χ2n) is 6.34. The fourth-order valence-electron chi connectivity index (χ4n) is 2.87. The van der Waals surface area contributed by atoms with E-state index in [1.54, 1.807) is 7.11 Å². The van der Waals surface area contributed by atoms with Crippen LogP contribution in [0.15, 0.2) is 18.2 Å². The largest absolute Gasteiger partial charge is 0.494 e. The molecular weight excluding hydrogens is 252 g/mol. The van der Waals surface area contributed by atoms with Gasteiger partial charge in [-0.05, 0) is 36.8 Å². The number of nitrogens with one attached hydrogen (secondary N) is 2. The molecule has 0 aromatic heterocycles. The van der Waals surface area contributed by atoms with Crippen LogP contribution in [-0.4, -0.2) is 19.1 Å². The van der Waals surface area contributed by atoms with Gasteiger partial charge in [0.2, 0.25) is 5.91 Å². The molecule has 1 fully saturated rings. The summed E-state index contributed by atoms with van der Waals surface area (Å²) in [5, 5.41) is 6.33. The third-order valence-electron chi connectivity index (χ3n) is 3.85.